The summed E-state index contributed by atoms with van der Waals surface area (Å²) >= 11 is 0. The molecule has 5 rings (SSSR count). The maximum atomic E-state index is 15.9. The van der Waals surface area contributed by atoms with Crippen molar-refractivity contribution in [2.24, 2.45) is 10.8 Å². The minimum absolute atomic E-state index is 0.0118. The zero-order chi connectivity index (χ0) is 28.7. The van der Waals surface area contributed by atoms with Crippen LogP contribution in [0.5, 0.6) is 11.5 Å². The molecule has 1 fully saturated rings. The van der Waals surface area contributed by atoms with Crippen molar-refractivity contribution in [2.75, 3.05) is 7.11 Å². The number of halogens is 2. The van der Waals surface area contributed by atoms with Gasteiger partial charge in [0, 0.05) is 11.1 Å². The summed E-state index contributed by atoms with van der Waals surface area (Å²) in [7, 11) is 1.50. The SMILES string of the molecule is COc1ccc(F)c(-c2c(F)cc(COc3cccc([C@H](CC(=O)O)C4(C)CC4)c3)cc2C2=CCCC2(C)C)c1. The fourth-order valence-electron chi connectivity index (χ4n) is 5.99. The van der Waals surface area contributed by atoms with E-state index in [0.717, 1.165) is 36.8 Å². The van der Waals surface area contributed by atoms with Crippen LogP contribution in [-0.4, -0.2) is 18.2 Å². The molecule has 1 atom stereocenters. The highest BCUT2D eigenvalue weighted by atomic mass is 19.1. The van der Waals surface area contributed by atoms with E-state index < -0.39 is 17.6 Å². The summed E-state index contributed by atoms with van der Waals surface area (Å²) in [5.74, 6) is -0.894. The van der Waals surface area contributed by atoms with Crippen molar-refractivity contribution < 1.29 is 28.2 Å². The molecule has 3 aromatic carbocycles. The molecule has 40 heavy (non-hydrogen) atoms. The smallest absolute Gasteiger partial charge is 0.303 e. The van der Waals surface area contributed by atoms with Crippen LogP contribution < -0.4 is 9.47 Å². The standard InChI is InChI=1S/C34H36F2O4/c1-33(2)12-6-9-27(33)25-15-21(16-30(36)32(25)26-18-23(39-4)10-11-29(26)35)20-40-24-8-5-7-22(17-24)28(19-31(37)38)34(3)13-14-34/h5,7-11,15-18,28H,6,12-14,19-20H2,1-4H3,(H,37,38)/t28-/m0/s1. The second-order valence-corrected chi connectivity index (χ2v) is 12.1. The molecule has 3 aromatic rings. The normalized spacial score (nSPS) is 17.7. The maximum absolute atomic E-state index is 15.9. The third-order valence-electron chi connectivity index (χ3n) is 8.65. The molecule has 0 heterocycles. The molecule has 0 aromatic heterocycles. The summed E-state index contributed by atoms with van der Waals surface area (Å²) in [6.07, 6.45) is 5.99. The number of benzene rings is 3. The van der Waals surface area contributed by atoms with Crippen molar-refractivity contribution >= 4 is 11.5 Å². The van der Waals surface area contributed by atoms with Gasteiger partial charge in [-0.05, 0) is 107 Å². The number of carbonyl (C=O) groups is 1. The van der Waals surface area contributed by atoms with E-state index in [-0.39, 0.29) is 40.9 Å². The molecule has 2 aliphatic carbocycles. The molecule has 0 aliphatic heterocycles. The highest BCUT2D eigenvalue weighted by Gasteiger charge is 2.46. The Kier molecular flexibility index (Phi) is 7.47. The Hall–Kier alpha value is -3.67. The average molecular weight is 547 g/mol. The van der Waals surface area contributed by atoms with Crippen LogP contribution in [0.15, 0.2) is 60.7 Å². The number of carboxylic acid groups (broad SMARTS) is 1. The lowest BCUT2D eigenvalue weighted by Crippen LogP contribution is -2.15. The molecule has 2 aliphatic rings. The van der Waals surface area contributed by atoms with Crippen LogP contribution in [0.4, 0.5) is 8.78 Å². The largest absolute Gasteiger partial charge is 0.497 e. The number of hydrogen-bond acceptors (Lipinski definition) is 3. The summed E-state index contributed by atoms with van der Waals surface area (Å²) in [5, 5.41) is 9.49. The second kappa shape index (κ2) is 10.7. The van der Waals surface area contributed by atoms with Gasteiger partial charge >= 0.3 is 5.97 Å². The number of carboxylic acids is 1. The monoisotopic (exact) mass is 546 g/mol. The number of methoxy groups -OCH3 is 1. The molecular weight excluding hydrogens is 510 g/mol. The van der Waals surface area contributed by atoms with Crippen LogP contribution in [0.1, 0.15) is 75.5 Å². The van der Waals surface area contributed by atoms with E-state index in [1.807, 2.05) is 30.3 Å². The third kappa shape index (κ3) is 5.63. The first-order chi connectivity index (χ1) is 19.0. The first-order valence-electron chi connectivity index (χ1n) is 13.8. The summed E-state index contributed by atoms with van der Waals surface area (Å²) in [6.45, 7) is 6.49. The van der Waals surface area contributed by atoms with E-state index in [1.54, 1.807) is 0 Å². The lowest BCUT2D eigenvalue weighted by Gasteiger charge is -2.26. The number of ether oxygens (including phenoxy) is 2. The van der Waals surface area contributed by atoms with Gasteiger partial charge in [0.2, 0.25) is 0 Å². The van der Waals surface area contributed by atoms with Gasteiger partial charge < -0.3 is 14.6 Å². The van der Waals surface area contributed by atoms with Crippen molar-refractivity contribution in [2.45, 2.75) is 65.4 Å². The van der Waals surface area contributed by atoms with E-state index in [1.165, 1.54) is 31.4 Å². The van der Waals surface area contributed by atoms with Crippen molar-refractivity contribution in [3.8, 4) is 22.6 Å². The van der Waals surface area contributed by atoms with Crippen LogP contribution >= 0.6 is 0 Å². The van der Waals surface area contributed by atoms with Crippen molar-refractivity contribution in [3.63, 3.8) is 0 Å². The number of rotatable bonds is 10. The van der Waals surface area contributed by atoms with Crippen LogP contribution in [0, 0.1) is 22.5 Å². The van der Waals surface area contributed by atoms with Gasteiger partial charge in [-0.15, -0.1) is 0 Å². The lowest BCUT2D eigenvalue weighted by molar-refractivity contribution is -0.137. The van der Waals surface area contributed by atoms with E-state index in [0.29, 0.717) is 22.6 Å². The van der Waals surface area contributed by atoms with E-state index in [2.05, 4.69) is 26.8 Å². The molecule has 0 radical (unpaired) electrons. The summed E-state index contributed by atoms with van der Waals surface area (Å²) < 4.78 is 42.4. The Morgan fingerprint density at radius 1 is 0.950 bits per heavy atom. The average Bonchev–Trinajstić information content (AvgIpc) is 3.56. The van der Waals surface area contributed by atoms with Crippen molar-refractivity contribution in [3.05, 3.63) is 89.0 Å². The number of hydrogen-bond donors (Lipinski definition) is 1. The van der Waals surface area contributed by atoms with Crippen molar-refractivity contribution in [1.29, 1.82) is 0 Å². The minimum Gasteiger partial charge on any atom is -0.497 e. The molecule has 0 bridgehead atoms. The van der Waals surface area contributed by atoms with Gasteiger partial charge in [-0.1, -0.05) is 39.0 Å². The molecule has 210 valence electrons. The molecule has 0 unspecified atom stereocenters. The summed E-state index contributed by atoms with van der Waals surface area (Å²) in [4.78, 5) is 11.6. The Morgan fingerprint density at radius 2 is 1.73 bits per heavy atom. The highest BCUT2D eigenvalue weighted by molar-refractivity contribution is 5.85. The van der Waals surface area contributed by atoms with Gasteiger partial charge in [0.15, 0.2) is 0 Å². The molecule has 1 N–H and O–H groups in total. The van der Waals surface area contributed by atoms with Gasteiger partial charge in [-0.2, -0.15) is 0 Å². The zero-order valence-corrected chi connectivity index (χ0v) is 23.5. The fraction of sp³-hybridized carbons (Fsp3) is 0.382. The number of aliphatic carboxylic acids is 1. The summed E-state index contributed by atoms with van der Waals surface area (Å²) in [6, 6.07) is 15.2. The third-order valence-corrected chi connectivity index (χ3v) is 8.65. The minimum atomic E-state index is -0.816. The quantitative estimate of drug-likeness (QED) is 0.276. The Morgan fingerprint density at radius 3 is 2.38 bits per heavy atom. The van der Waals surface area contributed by atoms with Crippen LogP contribution in [0.2, 0.25) is 0 Å². The number of allylic oxidation sites excluding steroid dienone is 2. The van der Waals surface area contributed by atoms with E-state index >= 15 is 8.78 Å². The predicted molar refractivity (Wildman–Crippen MR) is 152 cm³/mol. The highest BCUT2D eigenvalue weighted by Crippen LogP contribution is 2.57. The molecular formula is C34H36F2O4. The van der Waals surface area contributed by atoms with E-state index in [4.69, 9.17) is 9.47 Å². The predicted octanol–water partition coefficient (Wildman–Crippen LogP) is 8.78. The Bertz CT molecular complexity index is 1470. The van der Waals surface area contributed by atoms with Crippen LogP contribution in [-0.2, 0) is 11.4 Å². The van der Waals surface area contributed by atoms with Crippen LogP contribution in [0.3, 0.4) is 0 Å². The van der Waals surface area contributed by atoms with Crippen LogP contribution in [0.25, 0.3) is 16.7 Å². The first-order valence-corrected chi connectivity index (χ1v) is 13.8. The zero-order valence-electron chi connectivity index (χ0n) is 23.5. The van der Waals surface area contributed by atoms with Gasteiger partial charge in [-0.25, -0.2) is 8.78 Å². The first kappa shape index (κ1) is 27.9. The van der Waals surface area contributed by atoms with Gasteiger partial charge in [0.25, 0.3) is 0 Å². The topological polar surface area (TPSA) is 55.8 Å². The summed E-state index contributed by atoms with van der Waals surface area (Å²) in [5.41, 5.74) is 3.39. The maximum Gasteiger partial charge on any atom is 0.303 e. The Balaban J connectivity index is 1.49. The second-order valence-electron chi connectivity index (χ2n) is 12.1. The molecule has 0 saturated heterocycles. The molecule has 6 heteroatoms. The Labute approximate surface area is 234 Å². The molecule has 1 saturated carbocycles. The molecule has 0 amide bonds. The van der Waals surface area contributed by atoms with Gasteiger partial charge in [-0.3, -0.25) is 4.79 Å². The molecule has 0 spiro atoms. The molecule has 4 nitrogen and oxygen atoms in total. The fourth-order valence-corrected chi connectivity index (χ4v) is 5.99. The lowest BCUT2D eigenvalue weighted by atomic mass is 9.79. The van der Waals surface area contributed by atoms with Gasteiger partial charge in [0.05, 0.1) is 13.5 Å². The van der Waals surface area contributed by atoms with Crippen molar-refractivity contribution in [1.82, 2.24) is 0 Å². The van der Waals surface area contributed by atoms with Gasteiger partial charge in [0.1, 0.15) is 29.7 Å². The van der Waals surface area contributed by atoms with E-state index in [9.17, 15) is 9.90 Å².